The summed E-state index contributed by atoms with van der Waals surface area (Å²) in [6.45, 7) is 4.53. The van der Waals surface area contributed by atoms with Gasteiger partial charge in [0, 0.05) is 17.6 Å². The molecular formula is C17H18N4O. The van der Waals surface area contributed by atoms with Crippen molar-refractivity contribution in [2.24, 2.45) is 0 Å². The summed E-state index contributed by atoms with van der Waals surface area (Å²) in [5.41, 5.74) is 2.50. The number of benzene rings is 1. The van der Waals surface area contributed by atoms with Crippen LogP contribution in [0.5, 0.6) is 0 Å². The molecule has 0 spiro atoms. The number of amides is 1. The molecule has 112 valence electrons. The lowest BCUT2D eigenvalue weighted by molar-refractivity contribution is 0.0943. The lowest BCUT2D eigenvalue weighted by Crippen LogP contribution is -2.30. The van der Waals surface area contributed by atoms with E-state index in [0.717, 1.165) is 16.6 Å². The van der Waals surface area contributed by atoms with Gasteiger partial charge in [0.05, 0.1) is 18.3 Å². The van der Waals surface area contributed by atoms with Gasteiger partial charge in [0.1, 0.15) is 0 Å². The van der Waals surface area contributed by atoms with Crippen molar-refractivity contribution in [2.75, 3.05) is 0 Å². The summed E-state index contributed by atoms with van der Waals surface area (Å²) in [5.74, 6) is -0.111. The Morgan fingerprint density at radius 1 is 1.23 bits per heavy atom. The summed E-state index contributed by atoms with van der Waals surface area (Å²) in [5, 5.41) is 8.11. The first kappa shape index (κ1) is 14.3. The highest BCUT2D eigenvalue weighted by molar-refractivity contribution is 5.96. The van der Waals surface area contributed by atoms with Crippen molar-refractivity contribution in [1.29, 1.82) is 0 Å². The van der Waals surface area contributed by atoms with Crippen LogP contribution in [0.1, 0.15) is 29.8 Å². The monoisotopic (exact) mass is 294 g/mol. The third-order valence-corrected chi connectivity index (χ3v) is 3.33. The molecular weight excluding hydrogens is 276 g/mol. The number of nitrogens with one attached hydrogen (secondary N) is 1. The molecule has 0 aliphatic carbocycles. The summed E-state index contributed by atoms with van der Waals surface area (Å²) in [6.07, 6.45) is 3.35. The van der Waals surface area contributed by atoms with Gasteiger partial charge in [0.15, 0.2) is 5.65 Å². The second-order valence-electron chi connectivity index (χ2n) is 5.55. The number of rotatable bonds is 4. The van der Waals surface area contributed by atoms with Crippen LogP contribution in [0.2, 0.25) is 0 Å². The fourth-order valence-corrected chi connectivity index (χ4v) is 2.31. The van der Waals surface area contributed by atoms with Crippen LogP contribution in [0.3, 0.4) is 0 Å². The van der Waals surface area contributed by atoms with Crippen LogP contribution in [0, 0.1) is 0 Å². The molecule has 3 rings (SSSR count). The minimum absolute atomic E-state index is 0.101. The van der Waals surface area contributed by atoms with Crippen molar-refractivity contribution in [3.63, 3.8) is 0 Å². The van der Waals surface area contributed by atoms with E-state index in [9.17, 15) is 4.79 Å². The summed E-state index contributed by atoms with van der Waals surface area (Å²) in [7, 11) is 0. The van der Waals surface area contributed by atoms with E-state index in [0.29, 0.717) is 12.1 Å². The molecule has 0 fully saturated rings. The van der Waals surface area contributed by atoms with Crippen LogP contribution < -0.4 is 5.32 Å². The predicted octanol–water partition coefficient (Wildman–Crippen LogP) is 2.62. The van der Waals surface area contributed by atoms with E-state index >= 15 is 0 Å². The topological polar surface area (TPSA) is 59.8 Å². The van der Waals surface area contributed by atoms with E-state index in [1.165, 1.54) is 0 Å². The molecule has 5 heteroatoms. The molecule has 2 heterocycles. The van der Waals surface area contributed by atoms with Gasteiger partial charge in [0.25, 0.3) is 5.91 Å². The van der Waals surface area contributed by atoms with Gasteiger partial charge >= 0.3 is 0 Å². The summed E-state index contributed by atoms with van der Waals surface area (Å²) < 4.78 is 1.84. The Labute approximate surface area is 129 Å². The Kier molecular flexibility index (Phi) is 3.87. The van der Waals surface area contributed by atoms with Gasteiger partial charge in [-0.1, -0.05) is 30.3 Å². The molecule has 0 bridgehead atoms. The average molecular weight is 294 g/mol. The number of pyridine rings is 1. The number of carbonyl (C=O) groups excluding carboxylic acids is 1. The molecule has 0 saturated carbocycles. The zero-order valence-corrected chi connectivity index (χ0v) is 12.7. The molecule has 1 aromatic carbocycles. The molecule has 0 radical (unpaired) electrons. The van der Waals surface area contributed by atoms with Crippen LogP contribution in [0.15, 0.2) is 48.8 Å². The minimum Gasteiger partial charge on any atom is -0.350 e. The number of fused-ring (bicyclic) bond motifs is 1. The fourth-order valence-electron chi connectivity index (χ4n) is 2.31. The maximum Gasteiger partial charge on any atom is 0.253 e. The van der Waals surface area contributed by atoms with Crippen molar-refractivity contribution in [3.05, 3.63) is 59.9 Å². The number of hydrogen-bond donors (Lipinski definition) is 1. The highest BCUT2D eigenvalue weighted by atomic mass is 16.1. The Hall–Kier alpha value is -2.69. The van der Waals surface area contributed by atoms with E-state index in [-0.39, 0.29) is 11.9 Å². The first-order valence-electron chi connectivity index (χ1n) is 7.30. The Bertz CT molecular complexity index is 793. The number of carbonyl (C=O) groups is 1. The lowest BCUT2D eigenvalue weighted by Gasteiger charge is -2.08. The second kappa shape index (κ2) is 5.97. The Morgan fingerprint density at radius 2 is 2.00 bits per heavy atom. The largest absolute Gasteiger partial charge is 0.350 e. The smallest absolute Gasteiger partial charge is 0.253 e. The van der Waals surface area contributed by atoms with Gasteiger partial charge in [-0.3, -0.25) is 4.79 Å². The molecule has 3 aromatic rings. The van der Waals surface area contributed by atoms with Gasteiger partial charge in [-0.25, -0.2) is 9.67 Å². The van der Waals surface area contributed by atoms with Crippen LogP contribution in [0.4, 0.5) is 0 Å². The molecule has 0 unspecified atom stereocenters. The van der Waals surface area contributed by atoms with Gasteiger partial charge < -0.3 is 5.32 Å². The lowest BCUT2D eigenvalue weighted by atomic mass is 10.2. The van der Waals surface area contributed by atoms with E-state index in [1.54, 1.807) is 12.4 Å². The van der Waals surface area contributed by atoms with Gasteiger partial charge in [-0.05, 0) is 25.5 Å². The van der Waals surface area contributed by atoms with Crippen molar-refractivity contribution in [2.45, 2.75) is 26.4 Å². The number of hydrogen-bond acceptors (Lipinski definition) is 3. The van der Waals surface area contributed by atoms with E-state index < -0.39 is 0 Å². The van der Waals surface area contributed by atoms with Gasteiger partial charge in [-0.15, -0.1) is 0 Å². The molecule has 0 atom stereocenters. The van der Waals surface area contributed by atoms with Gasteiger partial charge in [0.2, 0.25) is 0 Å². The van der Waals surface area contributed by atoms with E-state index in [4.69, 9.17) is 0 Å². The third-order valence-electron chi connectivity index (χ3n) is 3.33. The maximum absolute atomic E-state index is 12.0. The minimum atomic E-state index is -0.111. The summed E-state index contributed by atoms with van der Waals surface area (Å²) >= 11 is 0. The number of aromatic nitrogens is 3. The first-order valence-corrected chi connectivity index (χ1v) is 7.30. The highest BCUT2D eigenvalue weighted by Crippen LogP contribution is 2.14. The van der Waals surface area contributed by atoms with E-state index in [2.05, 4.69) is 27.5 Å². The van der Waals surface area contributed by atoms with Crippen molar-refractivity contribution in [1.82, 2.24) is 20.1 Å². The predicted molar refractivity (Wildman–Crippen MR) is 85.7 cm³/mol. The number of nitrogens with zero attached hydrogens (tertiary/aromatic N) is 3. The zero-order chi connectivity index (χ0) is 15.5. The molecule has 0 aliphatic heterocycles. The average Bonchev–Trinajstić information content (AvgIpc) is 2.90. The fraction of sp³-hybridized carbons (Fsp3) is 0.235. The standard InChI is InChI=1S/C17H18N4O/c1-12(2)20-17(22)15-8-14-10-19-21(16(14)18-9-15)11-13-6-4-3-5-7-13/h3-10,12H,11H2,1-2H3,(H,20,22). The molecule has 0 saturated heterocycles. The quantitative estimate of drug-likeness (QED) is 0.804. The zero-order valence-electron chi connectivity index (χ0n) is 12.7. The normalized spacial score (nSPS) is 11.0. The van der Waals surface area contributed by atoms with Crippen LogP contribution in [-0.2, 0) is 6.54 Å². The first-order chi connectivity index (χ1) is 10.6. The second-order valence-corrected chi connectivity index (χ2v) is 5.55. The molecule has 5 nitrogen and oxygen atoms in total. The highest BCUT2D eigenvalue weighted by Gasteiger charge is 2.11. The molecule has 22 heavy (non-hydrogen) atoms. The van der Waals surface area contributed by atoms with Crippen LogP contribution >= 0.6 is 0 Å². The van der Waals surface area contributed by atoms with Crippen LogP contribution in [-0.4, -0.2) is 26.7 Å². The Balaban J connectivity index is 1.88. The van der Waals surface area contributed by atoms with E-state index in [1.807, 2.05) is 42.8 Å². The third kappa shape index (κ3) is 2.98. The molecule has 1 amide bonds. The molecule has 1 N–H and O–H groups in total. The van der Waals surface area contributed by atoms with Crippen molar-refractivity contribution in [3.8, 4) is 0 Å². The van der Waals surface area contributed by atoms with Gasteiger partial charge in [-0.2, -0.15) is 5.10 Å². The molecule has 0 aliphatic rings. The molecule has 2 aromatic heterocycles. The Morgan fingerprint density at radius 3 is 2.73 bits per heavy atom. The summed E-state index contributed by atoms with van der Waals surface area (Å²) in [4.78, 5) is 16.4. The SMILES string of the molecule is CC(C)NC(=O)c1cnc2c(cnn2Cc2ccccc2)c1. The van der Waals surface area contributed by atoms with Crippen molar-refractivity contribution >= 4 is 16.9 Å². The van der Waals surface area contributed by atoms with Crippen LogP contribution in [0.25, 0.3) is 11.0 Å². The summed E-state index contributed by atoms with van der Waals surface area (Å²) in [6, 6.07) is 12.0. The van der Waals surface area contributed by atoms with Crippen molar-refractivity contribution < 1.29 is 4.79 Å². The maximum atomic E-state index is 12.0.